The standard InChI is InChI=1S/C14H10F2N4O2S/c15-10(16)14-18-9(5-23-14)13-19-11(20-22-13)7-3-4-8(6-1-2-6)17-12(7)21/h3-6,10H,1-2H2,(H,17,21). The van der Waals surface area contributed by atoms with Crippen molar-refractivity contribution in [2.45, 2.75) is 25.2 Å². The highest BCUT2D eigenvalue weighted by molar-refractivity contribution is 7.10. The molecule has 118 valence electrons. The molecule has 23 heavy (non-hydrogen) atoms. The number of hydrogen-bond donors (Lipinski definition) is 1. The number of nitrogens with zero attached hydrogens (tertiary/aromatic N) is 3. The Labute approximate surface area is 132 Å². The summed E-state index contributed by atoms with van der Waals surface area (Å²) >= 11 is 0.816. The number of rotatable bonds is 4. The molecule has 0 bridgehead atoms. The molecule has 1 fully saturated rings. The van der Waals surface area contributed by atoms with Crippen molar-refractivity contribution in [1.29, 1.82) is 0 Å². The van der Waals surface area contributed by atoms with Crippen LogP contribution in [0.25, 0.3) is 23.0 Å². The van der Waals surface area contributed by atoms with E-state index in [1.807, 2.05) is 6.07 Å². The van der Waals surface area contributed by atoms with Gasteiger partial charge in [-0.05, 0) is 30.9 Å². The van der Waals surface area contributed by atoms with Crippen molar-refractivity contribution in [3.8, 4) is 23.0 Å². The molecule has 1 aliphatic carbocycles. The Bertz CT molecular complexity index is 913. The van der Waals surface area contributed by atoms with Gasteiger partial charge < -0.3 is 9.51 Å². The van der Waals surface area contributed by atoms with Crippen LogP contribution in [0.4, 0.5) is 8.78 Å². The first-order chi connectivity index (χ1) is 11.1. The molecule has 6 nitrogen and oxygen atoms in total. The SMILES string of the molecule is O=c1[nH]c(C2CC2)ccc1-c1noc(-c2csc(C(F)F)n2)n1. The van der Waals surface area contributed by atoms with E-state index in [0.717, 1.165) is 29.9 Å². The fraction of sp³-hybridized carbons (Fsp3) is 0.286. The maximum absolute atomic E-state index is 12.6. The van der Waals surface area contributed by atoms with Gasteiger partial charge in [0.2, 0.25) is 5.82 Å². The van der Waals surface area contributed by atoms with E-state index >= 15 is 0 Å². The highest BCUT2D eigenvalue weighted by atomic mass is 32.1. The summed E-state index contributed by atoms with van der Waals surface area (Å²) in [5.74, 6) is 0.546. The molecule has 0 atom stereocenters. The average Bonchev–Trinajstić information content (AvgIpc) is 3.07. The normalized spacial score (nSPS) is 14.6. The molecule has 9 heteroatoms. The van der Waals surface area contributed by atoms with Crippen molar-refractivity contribution < 1.29 is 13.3 Å². The van der Waals surface area contributed by atoms with E-state index in [0.29, 0.717) is 5.92 Å². The minimum Gasteiger partial charge on any atom is -0.332 e. The third-order valence-electron chi connectivity index (χ3n) is 3.54. The molecule has 3 aromatic rings. The first-order valence-electron chi connectivity index (χ1n) is 6.93. The van der Waals surface area contributed by atoms with Crippen molar-refractivity contribution in [3.05, 3.63) is 38.6 Å². The van der Waals surface area contributed by atoms with Crippen LogP contribution in [0.15, 0.2) is 26.8 Å². The lowest BCUT2D eigenvalue weighted by Gasteiger charge is -1.98. The number of thiazole rings is 1. The van der Waals surface area contributed by atoms with Crippen LogP contribution in [0.1, 0.15) is 35.9 Å². The molecule has 0 amide bonds. The Morgan fingerprint density at radius 3 is 2.78 bits per heavy atom. The number of nitrogens with one attached hydrogen (secondary N) is 1. The lowest BCUT2D eigenvalue weighted by atomic mass is 10.2. The molecular formula is C14H10F2N4O2S. The fourth-order valence-corrected chi connectivity index (χ4v) is 2.86. The van der Waals surface area contributed by atoms with Gasteiger partial charge >= 0.3 is 0 Å². The summed E-state index contributed by atoms with van der Waals surface area (Å²) in [6, 6.07) is 3.48. The molecule has 0 saturated heterocycles. The number of aromatic nitrogens is 4. The molecule has 1 N–H and O–H groups in total. The van der Waals surface area contributed by atoms with Gasteiger partial charge in [0.05, 0.1) is 5.56 Å². The topological polar surface area (TPSA) is 84.7 Å². The van der Waals surface area contributed by atoms with E-state index in [1.165, 1.54) is 5.38 Å². The van der Waals surface area contributed by atoms with Gasteiger partial charge in [0.15, 0.2) is 5.01 Å². The summed E-state index contributed by atoms with van der Waals surface area (Å²) < 4.78 is 30.2. The number of hydrogen-bond acceptors (Lipinski definition) is 6. The molecule has 0 radical (unpaired) electrons. The molecule has 0 spiro atoms. The molecule has 1 saturated carbocycles. The number of aromatic amines is 1. The summed E-state index contributed by atoms with van der Waals surface area (Å²) in [5, 5.41) is 4.84. The van der Waals surface area contributed by atoms with Gasteiger partial charge in [-0.25, -0.2) is 13.8 Å². The maximum atomic E-state index is 12.6. The second-order valence-electron chi connectivity index (χ2n) is 5.23. The lowest BCUT2D eigenvalue weighted by molar-refractivity contribution is 0.151. The molecule has 0 aliphatic heterocycles. The largest absolute Gasteiger partial charge is 0.332 e. The number of pyridine rings is 1. The highest BCUT2D eigenvalue weighted by Crippen LogP contribution is 2.38. The molecule has 3 heterocycles. The zero-order valence-corrected chi connectivity index (χ0v) is 12.4. The number of alkyl halides is 2. The third-order valence-corrected chi connectivity index (χ3v) is 4.40. The van der Waals surface area contributed by atoms with Crippen LogP contribution in [-0.4, -0.2) is 20.1 Å². The van der Waals surface area contributed by atoms with Gasteiger partial charge in [-0.3, -0.25) is 4.79 Å². The van der Waals surface area contributed by atoms with Crippen LogP contribution in [0, 0.1) is 0 Å². The summed E-state index contributed by atoms with van der Waals surface area (Å²) in [6.45, 7) is 0. The predicted octanol–water partition coefficient (Wildman–Crippen LogP) is 3.36. The van der Waals surface area contributed by atoms with Gasteiger partial charge in [0.25, 0.3) is 17.9 Å². The minimum atomic E-state index is -2.64. The van der Waals surface area contributed by atoms with E-state index in [1.54, 1.807) is 6.07 Å². The van der Waals surface area contributed by atoms with E-state index in [9.17, 15) is 13.6 Å². The fourth-order valence-electron chi connectivity index (χ4n) is 2.22. The Hall–Kier alpha value is -2.42. The van der Waals surface area contributed by atoms with Crippen LogP contribution in [0.5, 0.6) is 0 Å². The Kier molecular flexibility index (Phi) is 3.29. The van der Waals surface area contributed by atoms with E-state index in [2.05, 4.69) is 20.1 Å². The summed E-state index contributed by atoms with van der Waals surface area (Å²) in [4.78, 5) is 22.8. The van der Waals surface area contributed by atoms with Gasteiger partial charge in [0, 0.05) is 11.1 Å². The van der Waals surface area contributed by atoms with E-state index in [4.69, 9.17) is 4.52 Å². The summed E-state index contributed by atoms with van der Waals surface area (Å²) in [7, 11) is 0. The van der Waals surface area contributed by atoms with E-state index < -0.39 is 6.43 Å². The Balaban J connectivity index is 1.65. The zero-order chi connectivity index (χ0) is 16.0. The van der Waals surface area contributed by atoms with Crippen molar-refractivity contribution in [3.63, 3.8) is 0 Å². The van der Waals surface area contributed by atoms with Crippen LogP contribution in [0.3, 0.4) is 0 Å². The second-order valence-corrected chi connectivity index (χ2v) is 6.12. The minimum absolute atomic E-state index is 0.00817. The van der Waals surface area contributed by atoms with Crippen molar-refractivity contribution in [2.24, 2.45) is 0 Å². The Morgan fingerprint density at radius 2 is 2.13 bits per heavy atom. The van der Waals surface area contributed by atoms with Crippen molar-refractivity contribution in [1.82, 2.24) is 20.1 Å². The van der Waals surface area contributed by atoms with Gasteiger partial charge in [0.1, 0.15) is 5.69 Å². The maximum Gasteiger partial charge on any atom is 0.289 e. The van der Waals surface area contributed by atoms with Gasteiger partial charge in [-0.1, -0.05) is 5.16 Å². The molecule has 4 rings (SSSR count). The van der Waals surface area contributed by atoms with Crippen LogP contribution in [0.2, 0.25) is 0 Å². The molecule has 3 aromatic heterocycles. The first-order valence-corrected chi connectivity index (χ1v) is 7.81. The second kappa shape index (κ2) is 5.34. The Morgan fingerprint density at radius 1 is 1.30 bits per heavy atom. The van der Waals surface area contributed by atoms with Crippen LogP contribution >= 0.6 is 11.3 Å². The summed E-state index contributed by atoms with van der Waals surface area (Å²) in [6.07, 6.45) is -0.482. The zero-order valence-electron chi connectivity index (χ0n) is 11.6. The quantitative estimate of drug-likeness (QED) is 0.789. The molecule has 0 aromatic carbocycles. The van der Waals surface area contributed by atoms with Crippen molar-refractivity contribution >= 4 is 11.3 Å². The molecule has 1 aliphatic rings. The van der Waals surface area contributed by atoms with Crippen LogP contribution < -0.4 is 5.56 Å². The third kappa shape index (κ3) is 2.67. The predicted molar refractivity (Wildman–Crippen MR) is 78.4 cm³/mol. The van der Waals surface area contributed by atoms with Gasteiger partial charge in [-0.2, -0.15) is 4.98 Å². The van der Waals surface area contributed by atoms with Gasteiger partial charge in [-0.15, -0.1) is 11.3 Å². The highest BCUT2D eigenvalue weighted by Gasteiger charge is 2.25. The van der Waals surface area contributed by atoms with Crippen LogP contribution in [-0.2, 0) is 0 Å². The molecule has 0 unspecified atom stereocenters. The smallest absolute Gasteiger partial charge is 0.289 e. The number of H-pyrrole nitrogens is 1. The average molecular weight is 336 g/mol. The first kappa shape index (κ1) is 14.2. The monoisotopic (exact) mass is 336 g/mol. The summed E-state index contributed by atoms with van der Waals surface area (Å²) in [5.41, 5.74) is 1.06. The van der Waals surface area contributed by atoms with E-state index in [-0.39, 0.29) is 33.5 Å². The number of halogens is 2. The van der Waals surface area contributed by atoms with Crippen molar-refractivity contribution in [2.75, 3.05) is 0 Å². The molecular weight excluding hydrogens is 326 g/mol. The lowest BCUT2D eigenvalue weighted by Crippen LogP contribution is -2.11.